The van der Waals surface area contributed by atoms with E-state index in [4.69, 9.17) is 21.6 Å². The van der Waals surface area contributed by atoms with Crippen molar-refractivity contribution in [2.45, 2.75) is 44.2 Å². The van der Waals surface area contributed by atoms with Crippen LogP contribution in [0.3, 0.4) is 0 Å². The lowest BCUT2D eigenvalue weighted by molar-refractivity contribution is 0.281. The molecule has 7 heteroatoms. The predicted molar refractivity (Wildman–Crippen MR) is 112 cm³/mol. The molecular weight excluding hydrogens is 392 g/mol. The summed E-state index contributed by atoms with van der Waals surface area (Å²) < 4.78 is 0. The van der Waals surface area contributed by atoms with Crippen molar-refractivity contribution < 1.29 is 5.11 Å². The molecule has 2 aliphatic rings. The molecule has 1 saturated carbocycles. The second-order valence-electron chi connectivity index (χ2n) is 7.39. The summed E-state index contributed by atoms with van der Waals surface area (Å²) >= 11 is 8.14. The maximum absolute atomic E-state index is 9.91. The van der Waals surface area contributed by atoms with E-state index in [1.54, 1.807) is 11.3 Å². The average Bonchev–Trinajstić information content (AvgIpc) is 3.26. The van der Waals surface area contributed by atoms with Crippen molar-refractivity contribution in [3.8, 4) is 10.4 Å². The van der Waals surface area contributed by atoms with Gasteiger partial charge in [0.15, 0.2) is 0 Å². The Morgan fingerprint density at radius 1 is 1.14 bits per heavy atom. The van der Waals surface area contributed by atoms with Gasteiger partial charge in [-0.2, -0.15) is 0 Å². The lowest BCUT2D eigenvalue weighted by Gasteiger charge is -2.26. The van der Waals surface area contributed by atoms with Gasteiger partial charge in [0.05, 0.1) is 23.1 Å². The number of anilines is 1. The van der Waals surface area contributed by atoms with Crippen LogP contribution in [0.4, 0.5) is 5.82 Å². The van der Waals surface area contributed by atoms with E-state index >= 15 is 0 Å². The first kappa shape index (κ1) is 18.0. The van der Waals surface area contributed by atoms with Gasteiger partial charge in [-0.05, 0) is 31.2 Å². The zero-order valence-electron chi connectivity index (χ0n) is 15.4. The van der Waals surface area contributed by atoms with Gasteiger partial charge in [0.2, 0.25) is 0 Å². The van der Waals surface area contributed by atoms with Crippen LogP contribution in [0, 0.1) is 0 Å². The number of thiazole rings is 1. The van der Waals surface area contributed by atoms with E-state index in [0.29, 0.717) is 16.6 Å². The minimum atomic E-state index is -0.157. The van der Waals surface area contributed by atoms with E-state index in [9.17, 15) is 5.11 Å². The molecule has 0 amide bonds. The molecule has 28 heavy (non-hydrogen) atoms. The summed E-state index contributed by atoms with van der Waals surface area (Å²) in [6.45, 7) is 0.727. The van der Waals surface area contributed by atoms with E-state index in [1.165, 1.54) is 10.4 Å². The third-order valence-corrected chi connectivity index (χ3v) is 6.90. The van der Waals surface area contributed by atoms with E-state index in [1.807, 2.05) is 24.4 Å². The Labute approximate surface area is 173 Å². The number of hydrogen-bond acceptors (Lipinski definition) is 6. The lowest BCUT2D eigenvalue weighted by Crippen LogP contribution is -2.25. The Hall–Kier alpha value is -2.02. The Balaban J connectivity index is 1.50. The molecule has 1 N–H and O–H groups in total. The van der Waals surface area contributed by atoms with Crippen LogP contribution < -0.4 is 4.90 Å². The van der Waals surface area contributed by atoms with Crippen molar-refractivity contribution in [2.24, 2.45) is 0 Å². The van der Waals surface area contributed by atoms with Gasteiger partial charge < -0.3 is 10.0 Å². The summed E-state index contributed by atoms with van der Waals surface area (Å²) in [4.78, 5) is 17.4. The molecule has 1 saturated heterocycles. The molecule has 1 atom stereocenters. The fourth-order valence-electron chi connectivity index (χ4n) is 3.81. The van der Waals surface area contributed by atoms with Crippen LogP contribution in [0.25, 0.3) is 10.4 Å². The minimum absolute atomic E-state index is 0.157. The molecule has 3 aromatic rings. The van der Waals surface area contributed by atoms with Crippen LogP contribution in [0.15, 0.2) is 36.5 Å². The SMILES string of the molecule is OCc1c(Cl)nc(C2CC2)nc1N1CCC[C@H]1c1ncc(-c2ccccc2)s1. The van der Waals surface area contributed by atoms with Gasteiger partial charge in [-0.25, -0.2) is 15.0 Å². The Morgan fingerprint density at radius 3 is 2.71 bits per heavy atom. The van der Waals surface area contributed by atoms with E-state index < -0.39 is 0 Å². The van der Waals surface area contributed by atoms with Crippen LogP contribution >= 0.6 is 22.9 Å². The first-order chi connectivity index (χ1) is 13.7. The van der Waals surface area contributed by atoms with Gasteiger partial charge >= 0.3 is 0 Å². The van der Waals surface area contributed by atoms with Crippen molar-refractivity contribution in [1.29, 1.82) is 0 Å². The maximum Gasteiger partial charge on any atom is 0.140 e. The highest BCUT2D eigenvalue weighted by Crippen LogP contribution is 2.44. The van der Waals surface area contributed by atoms with E-state index in [-0.39, 0.29) is 12.6 Å². The molecule has 1 aliphatic carbocycles. The number of benzene rings is 1. The number of aromatic nitrogens is 3. The highest BCUT2D eigenvalue weighted by Gasteiger charge is 2.34. The highest BCUT2D eigenvalue weighted by molar-refractivity contribution is 7.15. The fourth-order valence-corrected chi connectivity index (χ4v) is 5.12. The molecule has 0 unspecified atom stereocenters. The summed E-state index contributed by atoms with van der Waals surface area (Å²) in [5.41, 5.74) is 1.81. The third-order valence-electron chi connectivity index (χ3n) is 5.44. The average molecular weight is 413 g/mol. The molecule has 2 fully saturated rings. The molecule has 5 rings (SSSR count). The van der Waals surface area contributed by atoms with Gasteiger partial charge in [-0.3, -0.25) is 0 Å². The molecule has 0 spiro atoms. The topological polar surface area (TPSA) is 62.1 Å². The summed E-state index contributed by atoms with van der Waals surface area (Å²) in [6, 6.07) is 10.5. The Kier molecular flexibility index (Phi) is 4.78. The standard InChI is InChI=1S/C21H21ClN4OS/c22-18-15(12-27)20(25-19(24-18)14-8-9-14)26-10-4-7-16(26)21-23-11-17(28-21)13-5-2-1-3-6-13/h1-3,5-6,11,14,16,27H,4,7-10,12H2/t16-/m0/s1. The first-order valence-corrected chi connectivity index (χ1v) is 10.9. The normalized spacial score (nSPS) is 19.4. The minimum Gasteiger partial charge on any atom is -0.391 e. The van der Waals surface area contributed by atoms with Gasteiger partial charge in [-0.15, -0.1) is 11.3 Å². The molecular formula is C21H21ClN4OS. The molecule has 1 aromatic carbocycles. The monoisotopic (exact) mass is 412 g/mol. The van der Waals surface area contributed by atoms with Crippen LogP contribution in [0.2, 0.25) is 5.15 Å². The Morgan fingerprint density at radius 2 is 1.96 bits per heavy atom. The lowest BCUT2D eigenvalue weighted by atomic mass is 10.2. The van der Waals surface area contributed by atoms with E-state index in [2.05, 4.69) is 22.0 Å². The predicted octanol–water partition coefficient (Wildman–Crippen LogP) is 4.96. The molecule has 144 valence electrons. The summed E-state index contributed by atoms with van der Waals surface area (Å²) in [6.07, 6.45) is 6.28. The number of hydrogen-bond donors (Lipinski definition) is 1. The summed E-state index contributed by atoms with van der Waals surface area (Å²) in [5.74, 6) is 2.00. The second kappa shape index (κ2) is 7.43. The smallest absolute Gasteiger partial charge is 0.140 e. The largest absolute Gasteiger partial charge is 0.391 e. The van der Waals surface area contributed by atoms with Crippen LogP contribution in [-0.4, -0.2) is 26.6 Å². The molecule has 0 bridgehead atoms. The summed E-state index contributed by atoms with van der Waals surface area (Å²) in [7, 11) is 0. The van der Waals surface area contributed by atoms with Gasteiger partial charge in [0, 0.05) is 18.7 Å². The molecule has 1 aliphatic heterocycles. The van der Waals surface area contributed by atoms with Gasteiger partial charge in [0.1, 0.15) is 21.8 Å². The zero-order valence-corrected chi connectivity index (χ0v) is 17.0. The number of halogens is 1. The van der Waals surface area contributed by atoms with Crippen LogP contribution in [0.5, 0.6) is 0 Å². The number of rotatable bonds is 5. The van der Waals surface area contributed by atoms with Crippen LogP contribution in [0.1, 0.15) is 54.0 Å². The number of aliphatic hydroxyl groups excluding tert-OH is 1. The van der Waals surface area contributed by atoms with E-state index in [0.717, 1.165) is 48.9 Å². The highest BCUT2D eigenvalue weighted by atomic mass is 35.5. The fraction of sp³-hybridized carbons (Fsp3) is 0.381. The van der Waals surface area contributed by atoms with Crippen molar-refractivity contribution in [2.75, 3.05) is 11.4 Å². The molecule has 3 heterocycles. The summed E-state index contributed by atoms with van der Waals surface area (Å²) in [5, 5.41) is 11.4. The number of nitrogens with zero attached hydrogens (tertiary/aromatic N) is 4. The molecule has 0 radical (unpaired) electrons. The van der Waals surface area contributed by atoms with Crippen molar-refractivity contribution in [3.05, 3.63) is 58.1 Å². The van der Waals surface area contributed by atoms with Gasteiger partial charge in [-0.1, -0.05) is 41.9 Å². The zero-order chi connectivity index (χ0) is 19.1. The van der Waals surface area contributed by atoms with Gasteiger partial charge in [0.25, 0.3) is 0 Å². The van der Waals surface area contributed by atoms with Crippen LogP contribution in [-0.2, 0) is 6.61 Å². The third kappa shape index (κ3) is 3.30. The molecule has 5 nitrogen and oxygen atoms in total. The van der Waals surface area contributed by atoms with Crippen molar-refractivity contribution in [3.63, 3.8) is 0 Å². The second-order valence-corrected chi connectivity index (χ2v) is 8.81. The first-order valence-electron chi connectivity index (χ1n) is 9.69. The molecule has 2 aromatic heterocycles. The Bertz CT molecular complexity index is 989. The van der Waals surface area contributed by atoms with Crippen molar-refractivity contribution >= 4 is 28.8 Å². The number of aliphatic hydroxyl groups is 1. The quantitative estimate of drug-likeness (QED) is 0.600. The maximum atomic E-state index is 9.91. The van der Waals surface area contributed by atoms with Crippen molar-refractivity contribution in [1.82, 2.24) is 15.0 Å².